The van der Waals surface area contributed by atoms with Crippen molar-refractivity contribution in [1.82, 2.24) is 19.9 Å². The van der Waals surface area contributed by atoms with E-state index in [0.29, 0.717) is 16.4 Å². The molecule has 0 radical (unpaired) electrons. The number of aromatic nitrogens is 4. The monoisotopic (exact) mass is 567 g/mol. The van der Waals surface area contributed by atoms with E-state index in [-0.39, 0.29) is 39.6 Å². The van der Waals surface area contributed by atoms with E-state index in [1.807, 2.05) is 0 Å². The molecule has 13 N–H and O–H groups in total. The molecule has 3 rings (SSSR count). The number of carboxylic acid groups (broad SMARTS) is 3. The molecule has 0 amide bonds. The summed E-state index contributed by atoms with van der Waals surface area (Å²) in [5.74, 6) is -4.88. The fourth-order valence-electron chi connectivity index (χ4n) is 3.25. The molecule has 0 saturated heterocycles. The Morgan fingerprint density at radius 3 is 1.71 bits per heavy atom. The second-order valence-electron chi connectivity index (χ2n) is 8.07. The van der Waals surface area contributed by atoms with Crippen molar-refractivity contribution in [2.45, 2.75) is 57.2 Å². The maximum absolute atomic E-state index is 11.6. The lowest BCUT2D eigenvalue weighted by Crippen LogP contribution is -2.33. The Bertz CT molecular complexity index is 1350. The van der Waals surface area contributed by atoms with Crippen LogP contribution in [0.3, 0.4) is 0 Å². The van der Waals surface area contributed by atoms with Gasteiger partial charge in [-0.3, -0.25) is 14.4 Å². The highest BCUT2D eigenvalue weighted by atomic mass is 32.2. The number of carbonyl (C=O) groups is 3. The van der Waals surface area contributed by atoms with Crippen LogP contribution in [0.2, 0.25) is 0 Å². The Hall–Kier alpha value is -3.77. The average molecular weight is 568 g/mol. The minimum atomic E-state index is -1.39. The summed E-state index contributed by atoms with van der Waals surface area (Å²) in [6.45, 7) is 0. The number of rotatable bonds is 13. The number of phenols is 2. The van der Waals surface area contributed by atoms with Gasteiger partial charge >= 0.3 is 17.9 Å². The molecule has 38 heavy (non-hydrogen) atoms. The predicted molar refractivity (Wildman–Crippen MR) is 133 cm³/mol. The van der Waals surface area contributed by atoms with E-state index in [2.05, 4.69) is 19.9 Å². The Balaban J connectivity index is 2.07. The third-order valence-corrected chi connectivity index (χ3v) is 7.60. The Labute approximate surface area is 222 Å². The largest absolute Gasteiger partial charge is 0.504 e. The van der Waals surface area contributed by atoms with Gasteiger partial charge in [0, 0.05) is 24.2 Å². The lowest BCUT2D eigenvalue weighted by molar-refractivity contribution is -0.139. The van der Waals surface area contributed by atoms with E-state index in [1.165, 1.54) is 18.7 Å². The summed E-state index contributed by atoms with van der Waals surface area (Å²) in [4.78, 5) is 48.2. The van der Waals surface area contributed by atoms with Crippen molar-refractivity contribution in [3.05, 3.63) is 35.7 Å². The van der Waals surface area contributed by atoms with Crippen molar-refractivity contribution < 1.29 is 39.9 Å². The fourth-order valence-corrected chi connectivity index (χ4v) is 5.46. The van der Waals surface area contributed by atoms with Gasteiger partial charge in [0.25, 0.3) is 0 Å². The molecule has 0 aliphatic heterocycles. The number of H-pyrrole nitrogens is 2. The Morgan fingerprint density at radius 1 is 0.789 bits per heavy atom. The van der Waals surface area contributed by atoms with Crippen LogP contribution in [0.4, 0.5) is 0 Å². The zero-order chi connectivity index (χ0) is 28.1. The van der Waals surface area contributed by atoms with Crippen molar-refractivity contribution in [1.29, 1.82) is 0 Å². The third kappa shape index (κ3) is 6.75. The van der Waals surface area contributed by atoms with Crippen molar-refractivity contribution >= 4 is 41.4 Å². The summed E-state index contributed by atoms with van der Waals surface area (Å²) in [7, 11) is 0. The van der Waals surface area contributed by atoms with Gasteiger partial charge < -0.3 is 52.7 Å². The minimum absolute atomic E-state index is 0.0285. The van der Waals surface area contributed by atoms with Crippen LogP contribution in [0.1, 0.15) is 17.0 Å². The Kier molecular flexibility index (Phi) is 9.23. The van der Waals surface area contributed by atoms with Gasteiger partial charge in [-0.15, -0.1) is 0 Å². The van der Waals surface area contributed by atoms with Gasteiger partial charge in [-0.2, -0.15) is 0 Å². The molecule has 204 valence electrons. The van der Waals surface area contributed by atoms with Crippen LogP contribution in [0.25, 0.3) is 0 Å². The average Bonchev–Trinajstić information content (AvgIpc) is 3.47. The first-order valence-corrected chi connectivity index (χ1v) is 12.4. The van der Waals surface area contributed by atoms with Crippen LogP contribution >= 0.6 is 23.5 Å². The molecule has 0 fully saturated rings. The van der Waals surface area contributed by atoms with Crippen LogP contribution in [-0.2, 0) is 33.6 Å². The number of carboxylic acids is 3. The van der Waals surface area contributed by atoms with Crippen molar-refractivity contribution in [2.75, 3.05) is 0 Å². The van der Waals surface area contributed by atoms with Gasteiger partial charge in [-0.1, -0.05) is 23.5 Å². The number of nitrogens with zero attached hydrogens (tertiary/aromatic N) is 2. The van der Waals surface area contributed by atoms with Crippen molar-refractivity contribution in [3.8, 4) is 11.5 Å². The third-order valence-electron chi connectivity index (χ3n) is 5.28. The molecule has 0 aliphatic carbocycles. The van der Waals surface area contributed by atoms with Gasteiger partial charge in [0.15, 0.2) is 11.5 Å². The highest BCUT2D eigenvalue weighted by Gasteiger charge is 2.27. The zero-order valence-corrected chi connectivity index (χ0v) is 21.1. The number of phenolic OH excluding ortho intramolecular Hbond substituents is 2. The summed E-state index contributed by atoms with van der Waals surface area (Å²) < 4.78 is 0. The summed E-state index contributed by atoms with van der Waals surface area (Å²) in [5.41, 5.74) is 18.0. The molecule has 2 heterocycles. The van der Waals surface area contributed by atoms with Gasteiger partial charge in [0.2, 0.25) is 0 Å². The van der Waals surface area contributed by atoms with E-state index in [4.69, 9.17) is 27.4 Å². The zero-order valence-electron chi connectivity index (χ0n) is 19.5. The normalized spacial score (nSPS) is 13.7. The van der Waals surface area contributed by atoms with E-state index in [1.54, 1.807) is 0 Å². The molecule has 17 heteroatoms. The van der Waals surface area contributed by atoms with Crippen molar-refractivity contribution in [2.24, 2.45) is 17.2 Å². The molecule has 3 aromatic rings. The summed E-state index contributed by atoms with van der Waals surface area (Å²) in [6.07, 6.45) is 2.13. The smallest absolute Gasteiger partial charge is 0.320 e. The number of benzene rings is 1. The molecule has 0 saturated carbocycles. The van der Waals surface area contributed by atoms with Gasteiger partial charge in [-0.25, -0.2) is 9.97 Å². The maximum Gasteiger partial charge on any atom is 0.320 e. The molecule has 2 aromatic heterocycles. The lowest BCUT2D eigenvalue weighted by Gasteiger charge is -2.18. The topological polar surface area (TPSA) is 288 Å². The molecule has 0 spiro atoms. The van der Waals surface area contributed by atoms with E-state index < -0.39 is 47.5 Å². The molecular formula is C21H25N7O8S2. The van der Waals surface area contributed by atoms with Crippen LogP contribution in [0, 0.1) is 0 Å². The molecule has 3 unspecified atom stereocenters. The van der Waals surface area contributed by atoms with Gasteiger partial charge in [-0.05, 0) is 11.6 Å². The molecular weight excluding hydrogens is 542 g/mol. The summed E-state index contributed by atoms with van der Waals surface area (Å²) >= 11 is 1.83. The van der Waals surface area contributed by atoms with Gasteiger partial charge in [0.1, 0.15) is 28.2 Å². The van der Waals surface area contributed by atoms with Crippen LogP contribution in [0.5, 0.6) is 11.5 Å². The van der Waals surface area contributed by atoms with Crippen LogP contribution < -0.4 is 17.2 Å². The van der Waals surface area contributed by atoms with E-state index >= 15 is 0 Å². The van der Waals surface area contributed by atoms with Crippen molar-refractivity contribution in [3.63, 3.8) is 0 Å². The first kappa shape index (κ1) is 28.8. The number of nitrogens with one attached hydrogen (secondary N) is 2. The number of hydrogen-bond acceptors (Lipinski definition) is 12. The van der Waals surface area contributed by atoms with Crippen LogP contribution in [-0.4, -0.2) is 81.5 Å². The van der Waals surface area contributed by atoms with E-state index in [9.17, 15) is 29.7 Å². The molecule has 1 aromatic carbocycles. The quantitative estimate of drug-likeness (QED) is 0.119. The second kappa shape index (κ2) is 12.2. The number of imidazole rings is 2. The molecule has 15 nitrogen and oxygen atoms in total. The van der Waals surface area contributed by atoms with E-state index in [0.717, 1.165) is 23.5 Å². The summed E-state index contributed by atoms with van der Waals surface area (Å²) in [5, 5.41) is 49.5. The first-order chi connectivity index (χ1) is 17.9. The number of aromatic hydroxyl groups is 2. The maximum atomic E-state index is 11.6. The highest BCUT2D eigenvalue weighted by molar-refractivity contribution is 8.00. The lowest BCUT2D eigenvalue weighted by atomic mass is 10.1. The fraction of sp³-hybridized carbons (Fsp3) is 0.286. The van der Waals surface area contributed by atoms with Crippen LogP contribution in [0.15, 0.2) is 38.6 Å². The summed E-state index contributed by atoms with van der Waals surface area (Å²) in [6, 6.07) is -2.65. The predicted octanol–water partition coefficient (Wildman–Crippen LogP) is -0.290. The SMILES string of the molecule is NC(Cc1[nH]cnc1Sc1cc(O)c(O)c(Sc2nc[nH]c2CC(N)C(=O)O)c1CC(N)C(=O)O)C(=O)O. The molecule has 3 atom stereocenters. The molecule has 0 bridgehead atoms. The number of hydrogen-bond donors (Lipinski definition) is 10. The minimum Gasteiger partial charge on any atom is -0.504 e. The Morgan fingerprint density at radius 2 is 1.24 bits per heavy atom. The molecule has 0 aliphatic rings. The standard InChI is InChI=1S/C21H25N7O8S2/c22-8(19(31)32)1-7-14(37-17-11(25-5-27-17)2-9(23)20(33)34)4-13(29)15(30)16(7)38-18-12(26-6-28-18)3-10(24)21(35)36/h4-6,8-10,29-30H,1-3,22-24H2,(H,25,27)(H,26,28)(H,31,32)(H,33,34)(H,35,36). The first-order valence-electron chi connectivity index (χ1n) is 10.8. The second-order valence-corrected chi connectivity index (χ2v) is 10.1. The number of aliphatic carboxylic acids is 3. The number of nitrogens with two attached hydrogens (primary N) is 3. The van der Waals surface area contributed by atoms with Gasteiger partial charge in [0.05, 0.1) is 28.9 Å². The highest BCUT2D eigenvalue weighted by Crippen LogP contribution is 2.48. The number of aromatic amines is 2.